The number of aryl methyl sites for hydroxylation is 1. The highest BCUT2D eigenvalue weighted by Gasteiger charge is 2.13. The van der Waals surface area contributed by atoms with Gasteiger partial charge in [0, 0.05) is 23.6 Å². The lowest BCUT2D eigenvalue weighted by Crippen LogP contribution is -2.25. The first-order valence-electron chi connectivity index (χ1n) is 6.49. The van der Waals surface area contributed by atoms with Gasteiger partial charge in [-0.2, -0.15) is 0 Å². The van der Waals surface area contributed by atoms with Gasteiger partial charge in [-0.1, -0.05) is 18.2 Å². The van der Waals surface area contributed by atoms with Crippen molar-refractivity contribution in [2.24, 2.45) is 0 Å². The molecule has 0 bridgehead atoms. The maximum Gasteiger partial charge on any atom is 0.289 e. The minimum absolute atomic E-state index is 0.222. The molecule has 0 unspecified atom stereocenters. The Bertz CT molecular complexity index is 742. The van der Waals surface area contributed by atoms with Crippen LogP contribution in [0, 0.1) is 6.92 Å². The number of amides is 1. The lowest BCUT2D eigenvalue weighted by Gasteiger charge is -2.03. The summed E-state index contributed by atoms with van der Waals surface area (Å²) in [5, 5.41) is 4.03. The number of oxazole rings is 1. The zero-order chi connectivity index (χ0) is 13.9. The number of hydrogen-bond donors (Lipinski definition) is 2. The van der Waals surface area contributed by atoms with E-state index in [-0.39, 0.29) is 11.7 Å². The lowest BCUT2D eigenvalue weighted by atomic mass is 10.1. The van der Waals surface area contributed by atoms with Gasteiger partial charge in [-0.15, -0.1) is 0 Å². The maximum absolute atomic E-state index is 11.9. The minimum Gasteiger partial charge on any atom is -0.438 e. The molecule has 2 N–H and O–H groups in total. The molecule has 0 aliphatic carbocycles. The summed E-state index contributed by atoms with van der Waals surface area (Å²) in [4.78, 5) is 19.0. The highest BCUT2D eigenvalue weighted by atomic mass is 16.3. The van der Waals surface area contributed by atoms with Crippen molar-refractivity contribution < 1.29 is 9.21 Å². The Hall–Kier alpha value is -2.56. The van der Waals surface area contributed by atoms with Gasteiger partial charge < -0.3 is 14.7 Å². The van der Waals surface area contributed by atoms with E-state index in [1.807, 2.05) is 24.4 Å². The maximum atomic E-state index is 11.9. The number of para-hydroxylation sites is 1. The number of rotatable bonds is 4. The van der Waals surface area contributed by atoms with E-state index in [9.17, 15) is 4.79 Å². The largest absolute Gasteiger partial charge is 0.438 e. The number of fused-ring (bicyclic) bond motifs is 1. The highest BCUT2D eigenvalue weighted by molar-refractivity contribution is 5.92. The van der Waals surface area contributed by atoms with Crippen LogP contribution in [0.1, 0.15) is 21.8 Å². The van der Waals surface area contributed by atoms with Crippen molar-refractivity contribution in [3.05, 3.63) is 53.9 Å². The van der Waals surface area contributed by atoms with Gasteiger partial charge >= 0.3 is 0 Å². The molecule has 0 aliphatic rings. The predicted molar refractivity (Wildman–Crippen MR) is 75.6 cm³/mol. The zero-order valence-corrected chi connectivity index (χ0v) is 11.1. The van der Waals surface area contributed by atoms with Crippen molar-refractivity contribution in [3.8, 4) is 0 Å². The fourth-order valence-electron chi connectivity index (χ4n) is 2.25. The quantitative estimate of drug-likeness (QED) is 0.764. The predicted octanol–water partition coefficient (Wildman–Crippen LogP) is 2.44. The molecular weight excluding hydrogens is 254 g/mol. The minimum atomic E-state index is -0.222. The van der Waals surface area contributed by atoms with E-state index in [2.05, 4.69) is 21.4 Å². The molecular formula is C15H15N3O2. The molecule has 2 heterocycles. The van der Waals surface area contributed by atoms with E-state index in [1.54, 1.807) is 6.92 Å². The standard InChI is InChI=1S/C15H15N3O2/c1-10-14(20-9-18-10)15(19)16-7-6-11-8-17-13-5-3-2-4-12(11)13/h2-5,8-9,17H,6-7H2,1H3,(H,16,19). The second kappa shape index (κ2) is 5.21. The summed E-state index contributed by atoms with van der Waals surface area (Å²) < 4.78 is 5.05. The number of carbonyl (C=O) groups excluding carboxylic acids is 1. The van der Waals surface area contributed by atoms with Crippen molar-refractivity contribution in [2.45, 2.75) is 13.3 Å². The summed E-state index contributed by atoms with van der Waals surface area (Å²) in [5.74, 6) is 0.0590. The Balaban J connectivity index is 1.63. The Labute approximate surface area is 116 Å². The number of nitrogens with one attached hydrogen (secondary N) is 2. The van der Waals surface area contributed by atoms with Gasteiger partial charge in [0.2, 0.25) is 5.76 Å². The molecule has 0 atom stereocenters. The summed E-state index contributed by atoms with van der Waals surface area (Å²) in [6, 6.07) is 8.12. The zero-order valence-electron chi connectivity index (χ0n) is 11.1. The van der Waals surface area contributed by atoms with Crippen molar-refractivity contribution in [1.82, 2.24) is 15.3 Å². The van der Waals surface area contributed by atoms with Crippen molar-refractivity contribution in [2.75, 3.05) is 6.54 Å². The Morgan fingerprint density at radius 1 is 1.40 bits per heavy atom. The Morgan fingerprint density at radius 2 is 2.25 bits per heavy atom. The molecule has 3 aromatic rings. The third-order valence-electron chi connectivity index (χ3n) is 3.31. The Morgan fingerprint density at radius 3 is 3.05 bits per heavy atom. The number of carbonyl (C=O) groups is 1. The molecule has 0 spiro atoms. The molecule has 0 radical (unpaired) electrons. The molecule has 5 nitrogen and oxygen atoms in total. The number of aromatic amines is 1. The second-order valence-electron chi connectivity index (χ2n) is 4.63. The summed E-state index contributed by atoms with van der Waals surface area (Å²) in [6.07, 6.45) is 4.03. The van der Waals surface area contributed by atoms with E-state index < -0.39 is 0 Å². The third-order valence-corrected chi connectivity index (χ3v) is 3.31. The summed E-state index contributed by atoms with van der Waals surface area (Å²) in [7, 11) is 0. The van der Waals surface area contributed by atoms with Gasteiger partial charge in [0.05, 0.1) is 5.69 Å². The average Bonchev–Trinajstić information content (AvgIpc) is 3.05. The molecule has 3 rings (SSSR count). The van der Waals surface area contributed by atoms with Gasteiger partial charge in [-0.3, -0.25) is 4.79 Å². The van der Waals surface area contributed by atoms with Gasteiger partial charge in [0.15, 0.2) is 6.39 Å². The number of H-pyrrole nitrogens is 1. The van der Waals surface area contributed by atoms with Crippen LogP contribution >= 0.6 is 0 Å². The van der Waals surface area contributed by atoms with Crippen LogP contribution in [0.25, 0.3) is 10.9 Å². The first-order chi connectivity index (χ1) is 9.75. The summed E-state index contributed by atoms with van der Waals surface area (Å²) >= 11 is 0. The Kier molecular flexibility index (Phi) is 3.25. The topological polar surface area (TPSA) is 70.9 Å². The molecule has 5 heteroatoms. The number of aromatic nitrogens is 2. The van der Waals surface area contributed by atoms with Gasteiger partial charge in [-0.25, -0.2) is 4.98 Å². The first kappa shape index (κ1) is 12.5. The van der Waals surface area contributed by atoms with E-state index in [0.29, 0.717) is 12.2 Å². The summed E-state index contributed by atoms with van der Waals surface area (Å²) in [6.45, 7) is 2.30. The van der Waals surface area contributed by atoms with Crippen LogP contribution in [-0.2, 0) is 6.42 Å². The van der Waals surface area contributed by atoms with Crippen LogP contribution in [0.15, 0.2) is 41.3 Å². The van der Waals surface area contributed by atoms with Gasteiger partial charge in [0.25, 0.3) is 5.91 Å². The van der Waals surface area contributed by atoms with E-state index in [0.717, 1.165) is 11.9 Å². The van der Waals surface area contributed by atoms with Crippen LogP contribution in [0.5, 0.6) is 0 Å². The molecule has 1 aromatic carbocycles. The molecule has 0 fully saturated rings. The van der Waals surface area contributed by atoms with E-state index >= 15 is 0 Å². The monoisotopic (exact) mass is 269 g/mol. The van der Waals surface area contributed by atoms with Crippen LogP contribution in [0.4, 0.5) is 0 Å². The van der Waals surface area contributed by atoms with Crippen LogP contribution in [0.2, 0.25) is 0 Å². The molecule has 102 valence electrons. The fourth-order valence-corrected chi connectivity index (χ4v) is 2.25. The van der Waals surface area contributed by atoms with Crippen molar-refractivity contribution in [3.63, 3.8) is 0 Å². The number of nitrogens with zero attached hydrogens (tertiary/aromatic N) is 1. The van der Waals surface area contributed by atoms with Crippen molar-refractivity contribution >= 4 is 16.8 Å². The second-order valence-corrected chi connectivity index (χ2v) is 4.63. The smallest absolute Gasteiger partial charge is 0.289 e. The number of hydrogen-bond acceptors (Lipinski definition) is 3. The number of benzene rings is 1. The summed E-state index contributed by atoms with van der Waals surface area (Å²) in [5.41, 5.74) is 2.91. The van der Waals surface area contributed by atoms with Gasteiger partial charge in [0.1, 0.15) is 0 Å². The van der Waals surface area contributed by atoms with Crippen LogP contribution in [0.3, 0.4) is 0 Å². The van der Waals surface area contributed by atoms with Gasteiger partial charge in [-0.05, 0) is 25.0 Å². The first-order valence-corrected chi connectivity index (χ1v) is 6.49. The third kappa shape index (κ3) is 2.30. The molecule has 0 saturated carbocycles. The molecule has 1 amide bonds. The SMILES string of the molecule is Cc1ncoc1C(=O)NCCc1c[nH]c2ccccc12. The van der Waals surface area contributed by atoms with Crippen molar-refractivity contribution in [1.29, 1.82) is 0 Å². The molecule has 0 aliphatic heterocycles. The highest BCUT2D eigenvalue weighted by Crippen LogP contribution is 2.17. The molecule has 20 heavy (non-hydrogen) atoms. The molecule has 0 saturated heterocycles. The molecule has 2 aromatic heterocycles. The van der Waals surface area contributed by atoms with E-state index in [1.165, 1.54) is 17.3 Å². The average molecular weight is 269 g/mol. The van der Waals surface area contributed by atoms with Crippen LogP contribution < -0.4 is 5.32 Å². The van der Waals surface area contributed by atoms with Crippen LogP contribution in [-0.4, -0.2) is 22.4 Å². The fraction of sp³-hybridized carbons (Fsp3) is 0.200. The van der Waals surface area contributed by atoms with E-state index in [4.69, 9.17) is 4.42 Å². The normalized spacial score (nSPS) is 10.8. The lowest BCUT2D eigenvalue weighted by molar-refractivity contribution is 0.0925.